The average Bonchev–Trinajstić information content (AvgIpc) is 2.67. The highest BCUT2D eigenvalue weighted by molar-refractivity contribution is 6.30. The molecular weight excluding hydrogens is 356 g/mol. The summed E-state index contributed by atoms with van der Waals surface area (Å²) in [5.41, 5.74) is 7.12. The van der Waals surface area contributed by atoms with Gasteiger partial charge in [0, 0.05) is 24.3 Å². The Hall–Kier alpha value is -2.64. The van der Waals surface area contributed by atoms with Gasteiger partial charge in [-0.15, -0.1) is 0 Å². The molecule has 3 rings (SSSR count). The van der Waals surface area contributed by atoms with Crippen LogP contribution in [0, 0.1) is 0 Å². The molecule has 0 aliphatic carbocycles. The number of morpholine rings is 1. The molecule has 1 atom stereocenters. The van der Waals surface area contributed by atoms with E-state index < -0.39 is 5.91 Å². The first kappa shape index (κ1) is 18.2. The number of carbonyl (C=O) groups excluding carboxylic acids is 2. The minimum Gasteiger partial charge on any atom is -0.370 e. The lowest BCUT2D eigenvalue weighted by atomic mass is 10.1. The van der Waals surface area contributed by atoms with Crippen LogP contribution in [-0.2, 0) is 11.3 Å². The smallest absolute Gasteiger partial charge is 0.317 e. The molecule has 0 radical (unpaired) electrons. The molecule has 0 unspecified atom stereocenters. The highest BCUT2D eigenvalue weighted by Crippen LogP contribution is 2.23. The number of nitrogens with zero attached hydrogens (tertiary/aromatic N) is 2. The summed E-state index contributed by atoms with van der Waals surface area (Å²) >= 11 is 5.91. The second-order valence-electron chi connectivity index (χ2n) is 5.93. The molecule has 3 amide bonds. The zero-order valence-electron chi connectivity index (χ0n) is 14.0. The SMILES string of the molecule is NC(=O)c1ccc(CNC(=O)N2CCO[C@@H](c3ccc(Cl)cc3)C2)cn1. The van der Waals surface area contributed by atoms with E-state index >= 15 is 0 Å². The fourth-order valence-corrected chi connectivity index (χ4v) is 2.80. The number of aromatic nitrogens is 1. The van der Waals surface area contributed by atoms with Crippen molar-refractivity contribution in [1.29, 1.82) is 0 Å². The Kier molecular flexibility index (Phi) is 5.70. The molecule has 1 aliphatic rings. The van der Waals surface area contributed by atoms with E-state index in [1.165, 1.54) is 12.3 Å². The zero-order valence-corrected chi connectivity index (χ0v) is 14.8. The van der Waals surface area contributed by atoms with Crippen LogP contribution in [0.15, 0.2) is 42.6 Å². The molecule has 0 bridgehead atoms. The van der Waals surface area contributed by atoms with Crippen molar-refractivity contribution in [2.75, 3.05) is 19.7 Å². The van der Waals surface area contributed by atoms with Crippen molar-refractivity contribution in [2.45, 2.75) is 12.6 Å². The molecular formula is C18H19ClN4O3. The maximum absolute atomic E-state index is 12.4. The number of ether oxygens (including phenoxy) is 1. The van der Waals surface area contributed by atoms with Gasteiger partial charge in [-0.25, -0.2) is 4.79 Å². The molecule has 1 aromatic carbocycles. The molecule has 136 valence electrons. The molecule has 3 N–H and O–H groups in total. The van der Waals surface area contributed by atoms with Crippen molar-refractivity contribution >= 4 is 23.5 Å². The van der Waals surface area contributed by atoms with E-state index in [-0.39, 0.29) is 17.8 Å². The molecule has 1 aliphatic heterocycles. The molecule has 0 saturated carbocycles. The number of urea groups is 1. The summed E-state index contributed by atoms with van der Waals surface area (Å²) in [5, 5.41) is 3.51. The van der Waals surface area contributed by atoms with Crippen LogP contribution in [-0.4, -0.2) is 41.5 Å². The van der Waals surface area contributed by atoms with Crippen LogP contribution in [0.25, 0.3) is 0 Å². The number of pyridine rings is 1. The summed E-state index contributed by atoms with van der Waals surface area (Å²) < 4.78 is 5.76. The monoisotopic (exact) mass is 374 g/mol. The van der Waals surface area contributed by atoms with Gasteiger partial charge in [0.1, 0.15) is 11.8 Å². The van der Waals surface area contributed by atoms with Gasteiger partial charge in [0.05, 0.1) is 13.2 Å². The van der Waals surface area contributed by atoms with Crippen molar-refractivity contribution in [3.05, 3.63) is 64.4 Å². The summed E-state index contributed by atoms with van der Waals surface area (Å²) in [5.74, 6) is -0.581. The Balaban J connectivity index is 1.55. The van der Waals surface area contributed by atoms with Crippen LogP contribution in [0.2, 0.25) is 5.02 Å². The molecule has 2 aromatic rings. The second-order valence-corrected chi connectivity index (χ2v) is 6.37. The molecule has 1 aromatic heterocycles. The highest BCUT2D eigenvalue weighted by atomic mass is 35.5. The van der Waals surface area contributed by atoms with Crippen LogP contribution >= 0.6 is 11.6 Å². The predicted molar refractivity (Wildman–Crippen MR) is 96.7 cm³/mol. The topological polar surface area (TPSA) is 97.5 Å². The number of nitrogens with two attached hydrogens (primary N) is 1. The molecule has 1 saturated heterocycles. The minimum absolute atomic E-state index is 0.175. The molecule has 26 heavy (non-hydrogen) atoms. The van der Waals surface area contributed by atoms with E-state index in [0.717, 1.165) is 11.1 Å². The van der Waals surface area contributed by atoms with E-state index in [0.29, 0.717) is 31.3 Å². The summed E-state index contributed by atoms with van der Waals surface area (Å²) in [7, 11) is 0. The lowest BCUT2D eigenvalue weighted by Crippen LogP contribution is -2.46. The van der Waals surface area contributed by atoms with Gasteiger partial charge in [-0.2, -0.15) is 0 Å². The normalized spacial score (nSPS) is 17.0. The summed E-state index contributed by atoms with van der Waals surface area (Å²) in [6.07, 6.45) is 1.35. The van der Waals surface area contributed by atoms with Crippen molar-refractivity contribution < 1.29 is 14.3 Å². The van der Waals surface area contributed by atoms with Gasteiger partial charge >= 0.3 is 6.03 Å². The zero-order chi connectivity index (χ0) is 18.5. The number of halogens is 1. The van der Waals surface area contributed by atoms with Crippen LogP contribution in [0.1, 0.15) is 27.7 Å². The van der Waals surface area contributed by atoms with E-state index in [9.17, 15) is 9.59 Å². The summed E-state index contributed by atoms with van der Waals surface area (Å²) in [4.78, 5) is 29.1. The number of hydrogen-bond donors (Lipinski definition) is 2. The van der Waals surface area contributed by atoms with Crippen molar-refractivity contribution in [1.82, 2.24) is 15.2 Å². The van der Waals surface area contributed by atoms with Gasteiger partial charge in [0.2, 0.25) is 0 Å². The van der Waals surface area contributed by atoms with Gasteiger partial charge in [-0.05, 0) is 29.3 Å². The average molecular weight is 375 g/mol. The summed E-state index contributed by atoms with van der Waals surface area (Å²) in [6.45, 7) is 1.77. The largest absolute Gasteiger partial charge is 0.370 e. The molecule has 1 fully saturated rings. The predicted octanol–water partition coefficient (Wildman–Crippen LogP) is 2.12. The number of rotatable bonds is 4. The van der Waals surface area contributed by atoms with Gasteiger partial charge in [0.15, 0.2) is 0 Å². The fraction of sp³-hybridized carbons (Fsp3) is 0.278. The van der Waals surface area contributed by atoms with E-state index in [1.807, 2.05) is 24.3 Å². The maximum Gasteiger partial charge on any atom is 0.317 e. The van der Waals surface area contributed by atoms with Crippen LogP contribution < -0.4 is 11.1 Å². The van der Waals surface area contributed by atoms with Crippen LogP contribution in [0.5, 0.6) is 0 Å². The summed E-state index contributed by atoms with van der Waals surface area (Å²) in [6, 6.07) is 10.5. The van der Waals surface area contributed by atoms with Gasteiger partial charge in [0.25, 0.3) is 5.91 Å². The first-order valence-corrected chi connectivity index (χ1v) is 8.55. The lowest BCUT2D eigenvalue weighted by Gasteiger charge is -2.33. The Morgan fingerprint density at radius 3 is 2.69 bits per heavy atom. The van der Waals surface area contributed by atoms with Crippen molar-refractivity contribution in [3.8, 4) is 0 Å². The molecule has 0 spiro atoms. The van der Waals surface area contributed by atoms with Crippen LogP contribution in [0.3, 0.4) is 0 Å². The number of carbonyl (C=O) groups is 2. The second kappa shape index (κ2) is 8.16. The minimum atomic E-state index is -0.581. The third-order valence-electron chi connectivity index (χ3n) is 4.12. The maximum atomic E-state index is 12.4. The molecule has 8 heteroatoms. The Morgan fingerprint density at radius 2 is 2.04 bits per heavy atom. The van der Waals surface area contributed by atoms with Crippen LogP contribution in [0.4, 0.5) is 4.79 Å². The van der Waals surface area contributed by atoms with Gasteiger partial charge in [-0.3, -0.25) is 9.78 Å². The molecule has 2 heterocycles. The fourth-order valence-electron chi connectivity index (χ4n) is 2.68. The van der Waals surface area contributed by atoms with Gasteiger partial charge in [-0.1, -0.05) is 29.8 Å². The first-order valence-electron chi connectivity index (χ1n) is 8.17. The number of benzene rings is 1. The quantitative estimate of drug-likeness (QED) is 0.856. The number of hydrogen-bond acceptors (Lipinski definition) is 4. The Labute approximate surface area is 156 Å². The van der Waals surface area contributed by atoms with Crippen molar-refractivity contribution in [3.63, 3.8) is 0 Å². The van der Waals surface area contributed by atoms with Crippen molar-refractivity contribution in [2.24, 2.45) is 5.73 Å². The number of nitrogens with one attached hydrogen (secondary N) is 1. The standard InChI is InChI=1S/C18H19ClN4O3/c19-14-4-2-13(3-5-14)16-11-23(7-8-26-16)18(25)22-10-12-1-6-15(17(20)24)21-9-12/h1-6,9,16H,7-8,10-11H2,(H2,20,24)(H,22,25)/t16-/m1/s1. The van der Waals surface area contributed by atoms with Gasteiger partial charge < -0.3 is 20.7 Å². The highest BCUT2D eigenvalue weighted by Gasteiger charge is 2.25. The lowest BCUT2D eigenvalue weighted by molar-refractivity contribution is -0.0154. The Bertz CT molecular complexity index is 780. The van der Waals surface area contributed by atoms with E-state index in [4.69, 9.17) is 22.1 Å². The number of amides is 3. The number of primary amides is 1. The first-order chi connectivity index (χ1) is 12.5. The van der Waals surface area contributed by atoms with E-state index in [1.54, 1.807) is 11.0 Å². The third-order valence-corrected chi connectivity index (χ3v) is 4.37. The Morgan fingerprint density at radius 1 is 1.27 bits per heavy atom. The molecule has 7 nitrogen and oxygen atoms in total. The third kappa shape index (κ3) is 4.50. The van der Waals surface area contributed by atoms with E-state index in [2.05, 4.69) is 10.3 Å².